The average Bonchev–Trinajstić information content (AvgIpc) is 2.36. The molecule has 0 radical (unpaired) electrons. The zero-order chi connectivity index (χ0) is 14.0. The average molecular weight is 438 g/mol. The largest absolute Gasteiger partial charge is 0.309 e. The molecule has 0 aliphatic carbocycles. The van der Waals surface area contributed by atoms with E-state index in [4.69, 9.17) is 0 Å². The molecule has 0 heterocycles. The molecule has 5 heteroatoms. The molecule has 2 aromatic carbocycles. The molecule has 0 amide bonds. The van der Waals surface area contributed by atoms with E-state index >= 15 is 0 Å². The molecular weight excluding hydrogens is 427 g/mol. The van der Waals surface area contributed by atoms with Crippen LogP contribution in [-0.2, 0) is 0 Å². The molecule has 0 bridgehead atoms. The Hall–Kier alpha value is -0.530. The van der Waals surface area contributed by atoms with Gasteiger partial charge in [0, 0.05) is 19.7 Å². The Bertz CT molecular complexity index is 604. The molecule has 0 saturated carbocycles. The summed E-state index contributed by atoms with van der Waals surface area (Å²) in [6.07, 6.45) is 0. The minimum atomic E-state index is -0.569. The molecule has 0 aliphatic rings. The molecular formula is C14H11BrF2IN. The van der Waals surface area contributed by atoms with Gasteiger partial charge in [-0.3, -0.25) is 0 Å². The first-order valence-electron chi connectivity index (χ1n) is 5.60. The lowest BCUT2D eigenvalue weighted by atomic mass is 9.98. The molecule has 0 saturated heterocycles. The Kier molecular flexibility index (Phi) is 4.92. The molecule has 0 aliphatic heterocycles. The lowest BCUT2D eigenvalue weighted by Crippen LogP contribution is -2.20. The van der Waals surface area contributed by atoms with Gasteiger partial charge in [0.25, 0.3) is 0 Å². The van der Waals surface area contributed by atoms with E-state index in [-0.39, 0.29) is 6.04 Å². The second-order valence-electron chi connectivity index (χ2n) is 4.05. The highest BCUT2D eigenvalue weighted by atomic mass is 127. The smallest absolute Gasteiger partial charge is 0.131 e. The van der Waals surface area contributed by atoms with Crippen LogP contribution in [-0.4, -0.2) is 7.05 Å². The number of hydrogen-bond donors (Lipinski definition) is 1. The third-order valence-corrected chi connectivity index (χ3v) is 4.31. The van der Waals surface area contributed by atoms with Gasteiger partial charge in [0.1, 0.15) is 11.6 Å². The van der Waals surface area contributed by atoms with Crippen molar-refractivity contribution < 1.29 is 8.78 Å². The lowest BCUT2D eigenvalue weighted by Gasteiger charge is -2.19. The summed E-state index contributed by atoms with van der Waals surface area (Å²) in [5.74, 6) is -1.12. The minimum absolute atomic E-state index is 0.315. The molecule has 0 fully saturated rings. The molecule has 19 heavy (non-hydrogen) atoms. The monoisotopic (exact) mass is 437 g/mol. The predicted octanol–water partition coefficient (Wildman–Crippen LogP) is 4.64. The van der Waals surface area contributed by atoms with E-state index < -0.39 is 11.6 Å². The van der Waals surface area contributed by atoms with Gasteiger partial charge in [-0.25, -0.2) is 8.78 Å². The highest BCUT2D eigenvalue weighted by molar-refractivity contribution is 14.1. The zero-order valence-corrected chi connectivity index (χ0v) is 13.8. The van der Waals surface area contributed by atoms with Crippen LogP contribution in [0.2, 0.25) is 0 Å². The van der Waals surface area contributed by atoms with Crippen molar-refractivity contribution in [3.05, 3.63) is 67.2 Å². The summed E-state index contributed by atoms with van der Waals surface area (Å²) in [6, 6.07) is 9.15. The van der Waals surface area contributed by atoms with Crippen LogP contribution in [0.15, 0.2) is 40.9 Å². The first-order chi connectivity index (χ1) is 9.02. The van der Waals surface area contributed by atoms with E-state index in [9.17, 15) is 8.78 Å². The standard InChI is InChI=1S/C14H11BrF2IN/c1-19-14(10-4-3-9(16)7-12(10)17)11-6-8(15)2-5-13(11)18/h2-7,14,19H,1H3. The van der Waals surface area contributed by atoms with Crippen molar-refractivity contribution in [2.75, 3.05) is 7.05 Å². The van der Waals surface area contributed by atoms with Crippen molar-refractivity contribution in [3.63, 3.8) is 0 Å². The molecule has 1 nitrogen and oxygen atoms in total. The van der Waals surface area contributed by atoms with Crippen molar-refractivity contribution >= 4 is 38.5 Å². The highest BCUT2D eigenvalue weighted by Gasteiger charge is 2.19. The lowest BCUT2D eigenvalue weighted by molar-refractivity contribution is 0.551. The fourth-order valence-electron chi connectivity index (χ4n) is 1.95. The first-order valence-corrected chi connectivity index (χ1v) is 7.47. The molecule has 2 rings (SSSR count). The van der Waals surface area contributed by atoms with Gasteiger partial charge in [-0.1, -0.05) is 22.0 Å². The molecule has 1 unspecified atom stereocenters. The van der Waals surface area contributed by atoms with Crippen molar-refractivity contribution in [1.29, 1.82) is 0 Å². The first kappa shape index (κ1) is 14.9. The van der Waals surface area contributed by atoms with Crippen molar-refractivity contribution in [1.82, 2.24) is 5.32 Å². The quantitative estimate of drug-likeness (QED) is 0.689. The Morgan fingerprint density at radius 2 is 1.84 bits per heavy atom. The van der Waals surface area contributed by atoms with Crippen LogP contribution >= 0.6 is 38.5 Å². The van der Waals surface area contributed by atoms with E-state index in [1.54, 1.807) is 7.05 Å². The predicted molar refractivity (Wildman–Crippen MR) is 84.1 cm³/mol. The number of nitrogens with one attached hydrogen (secondary N) is 1. The number of halogens is 4. The Morgan fingerprint density at radius 1 is 1.11 bits per heavy atom. The van der Waals surface area contributed by atoms with Gasteiger partial charge < -0.3 is 5.32 Å². The molecule has 100 valence electrons. The van der Waals surface area contributed by atoms with Crippen molar-refractivity contribution in [3.8, 4) is 0 Å². The van der Waals surface area contributed by atoms with Crippen LogP contribution in [0, 0.1) is 15.2 Å². The minimum Gasteiger partial charge on any atom is -0.309 e. The summed E-state index contributed by atoms with van der Waals surface area (Å²) in [5.41, 5.74) is 1.38. The van der Waals surface area contributed by atoms with Crippen LogP contribution in [0.25, 0.3) is 0 Å². The van der Waals surface area contributed by atoms with Crippen molar-refractivity contribution in [2.45, 2.75) is 6.04 Å². The summed E-state index contributed by atoms with van der Waals surface area (Å²) in [5, 5.41) is 3.07. The SMILES string of the molecule is CNC(c1ccc(F)cc1F)c1cc(Br)ccc1I. The summed E-state index contributed by atoms with van der Waals surface area (Å²) in [7, 11) is 1.75. The van der Waals surface area contributed by atoms with Gasteiger partial charge in [0.05, 0.1) is 6.04 Å². The topological polar surface area (TPSA) is 12.0 Å². The maximum Gasteiger partial charge on any atom is 0.131 e. The Morgan fingerprint density at radius 3 is 2.47 bits per heavy atom. The number of benzene rings is 2. The molecule has 1 atom stereocenters. The van der Waals surface area contributed by atoms with Crippen LogP contribution in [0.4, 0.5) is 8.78 Å². The summed E-state index contributed by atoms with van der Waals surface area (Å²) in [6.45, 7) is 0. The maximum absolute atomic E-state index is 13.9. The fraction of sp³-hybridized carbons (Fsp3) is 0.143. The van der Waals surface area contributed by atoms with Gasteiger partial charge in [-0.2, -0.15) is 0 Å². The molecule has 2 aromatic rings. The number of hydrogen-bond acceptors (Lipinski definition) is 1. The van der Waals surface area contributed by atoms with Gasteiger partial charge in [0.2, 0.25) is 0 Å². The third-order valence-electron chi connectivity index (χ3n) is 2.83. The molecule has 1 N–H and O–H groups in total. The molecule has 0 aromatic heterocycles. The van der Waals surface area contributed by atoms with E-state index in [1.807, 2.05) is 18.2 Å². The van der Waals surface area contributed by atoms with Crippen molar-refractivity contribution in [2.24, 2.45) is 0 Å². The van der Waals surface area contributed by atoms with Crippen LogP contribution < -0.4 is 5.32 Å². The zero-order valence-electron chi connectivity index (χ0n) is 10.1. The van der Waals surface area contributed by atoms with Crippen LogP contribution in [0.3, 0.4) is 0 Å². The van der Waals surface area contributed by atoms with E-state index in [1.165, 1.54) is 12.1 Å². The normalized spacial score (nSPS) is 12.5. The van der Waals surface area contributed by atoms with E-state index in [0.29, 0.717) is 5.56 Å². The van der Waals surface area contributed by atoms with Gasteiger partial charge >= 0.3 is 0 Å². The summed E-state index contributed by atoms with van der Waals surface area (Å²) in [4.78, 5) is 0. The second-order valence-corrected chi connectivity index (χ2v) is 6.13. The Labute approximate surface area is 132 Å². The molecule has 0 spiro atoms. The van der Waals surface area contributed by atoms with E-state index in [0.717, 1.165) is 19.7 Å². The third kappa shape index (κ3) is 3.32. The van der Waals surface area contributed by atoms with Gasteiger partial charge in [-0.05, 0) is 59.5 Å². The summed E-state index contributed by atoms with van der Waals surface area (Å²) < 4.78 is 28.8. The highest BCUT2D eigenvalue weighted by Crippen LogP contribution is 2.30. The van der Waals surface area contributed by atoms with Crippen LogP contribution in [0.5, 0.6) is 0 Å². The Balaban J connectivity index is 2.52. The second kappa shape index (κ2) is 6.28. The number of rotatable bonds is 3. The fourth-order valence-corrected chi connectivity index (χ4v) is 2.98. The van der Waals surface area contributed by atoms with Gasteiger partial charge in [-0.15, -0.1) is 0 Å². The summed E-state index contributed by atoms with van der Waals surface area (Å²) >= 11 is 5.62. The van der Waals surface area contributed by atoms with Crippen LogP contribution in [0.1, 0.15) is 17.2 Å². The maximum atomic E-state index is 13.9. The van der Waals surface area contributed by atoms with E-state index in [2.05, 4.69) is 43.8 Å². The van der Waals surface area contributed by atoms with Gasteiger partial charge in [0.15, 0.2) is 0 Å².